The van der Waals surface area contributed by atoms with E-state index < -0.39 is 0 Å². The van der Waals surface area contributed by atoms with Crippen LogP contribution < -0.4 is 5.32 Å². The van der Waals surface area contributed by atoms with Crippen LogP contribution in [0.5, 0.6) is 0 Å². The van der Waals surface area contributed by atoms with Crippen molar-refractivity contribution in [1.82, 2.24) is 5.32 Å². The highest BCUT2D eigenvalue weighted by molar-refractivity contribution is 4.85. The highest BCUT2D eigenvalue weighted by Gasteiger charge is 2.39. The average Bonchev–Trinajstić information content (AvgIpc) is 2.19. The molecule has 1 aliphatic heterocycles. The first-order valence-electron chi connectivity index (χ1n) is 5.30. The van der Waals surface area contributed by atoms with Crippen LogP contribution in [0.4, 0.5) is 0 Å². The highest BCUT2D eigenvalue weighted by atomic mass is 16.7. The Bertz CT molecular complexity index is 161. The lowest BCUT2D eigenvalue weighted by Gasteiger charge is -2.42. The number of nitrogens with one attached hydrogen (secondary N) is 1. The van der Waals surface area contributed by atoms with E-state index in [1.54, 1.807) is 0 Å². The molecule has 1 atom stereocenters. The fourth-order valence-electron chi connectivity index (χ4n) is 2.32. The number of rotatable bonds is 1. The van der Waals surface area contributed by atoms with E-state index in [4.69, 9.17) is 9.47 Å². The van der Waals surface area contributed by atoms with E-state index in [0.29, 0.717) is 6.04 Å². The van der Waals surface area contributed by atoms with Crippen molar-refractivity contribution in [3.63, 3.8) is 0 Å². The SMILES string of the molecule is CNC1CCCC2(C1)OCCCO2. The van der Waals surface area contributed by atoms with Gasteiger partial charge in [0.15, 0.2) is 5.79 Å². The minimum Gasteiger partial charge on any atom is -0.350 e. The van der Waals surface area contributed by atoms with Gasteiger partial charge in [0.1, 0.15) is 0 Å². The monoisotopic (exact) mass is 185 g/mol. The van der Waals surface area contributed by atoms with E-state index in [2.05, 4.69) is 5.32 Å². The molecule has 76 valence electrons. The van der Waals surface area contributed by atoms with E-state index in [-0.39, 0.29) is 5.79 Å². The zero-order valence-electron chi connectivity index (χ0n) is 8.34. The maximum atomic E-state index is 5.78. The van der Waals surface area contributed by atoms with Gasteiger partial charge >= 0.3 is 0 Å². The van der Waals surface area contributed by atoms with Crippen LogP contribution in [-0.4, -0.2) is 32.1 Å². The third kappa shape index (κ3) is 2.03. The van der Waals surface area contributed by atoms with Crippen LogP contribution in [0, 0.1) is 0 Å². The number of ether oxygens (including phenoxy) is 2. The molecule has 0 radical (unpaired) electrons. The van der Waals surface area contributed by atoms with Gasteiger partial charge < -0.3 is 14.8 Å². The molecule has 0 aromatic rings. The van der Waals surface area contributed by atoms with Crippen molar-refractivity contribution in [3.8, 4) is 0 Å². The van der Waals surface area contributed by atoms with Crippen molar-refractivity contribution in [1.29, 1.82) is 0 Å². The molecular formula is C10H19NO2. The molecule has 1 saturated carbocycles. The molecule has 1 unspecified atom stereocenters. The molecule has 1 aliphatic carbocycles. The lowest BCUT2D eigenvalue weighted by atomic mass is 9.89. The lowest BCUT2D eigenvalue weighted by molar-refractivity contribution is -0.282. The van der Waals surface area contributed by atoms with Crippen LogP contribution in [0.1, 0.15) is 32.1 Å². The van der Waals surface area contributed by atoms with Crippen molar-refractivity contribution >= 4 is 0 Å². The second-order valence-corrected chi connectivity index (χ2v) is 4.04. The number of hydrogen-bond donors (Lipinski definition) is 1. The van der Waals surface area contributed by atoms with Crippen molar-refractivity contribution in [2.24, 2.45) is 0 Å². The summed E-state index contributed by atoms with van der Waals surface area (Å²) in [6, 6.07) is 0.576. The van der Waals surface area contributed by atoms with Gasteiger partial charge in [-0.1, -0.05) is 0 Å². The zero-order valence-corrected chi connectivity index (χ0v) is 8.34. The molecule has 2 rings (SSSR count). The predicted octanol–water partition coefficient (Wildman–Crippen LogP) is 1.28. The summed E-state index contributed by atoms with van der Waals surface area (Å²) in [4.78, 5) is 0. The van der Waals surface area contributed by atoms with Crippen LogP contribution in [0.25, 0.3) is 0 Å². The van der Waals surface area contributed by atoms with Gasteiger partial charge in [-0.3, -0.25) is 0 Å². The summed E-state index contributed by atoms with van der Waals surface area (Å²) in [6.45, 7) is 1.74. The molecule has 1 spiro atoms. The van der Waals surface area contributed by atoms with Crippen LogP contribution >= 0.6 is 0 Å². The normalized spacial score (nSPS) is 33.5. The molecule has 2 fully saturated rings. The fourth-order valence-corrected chi connectivity index (χ4v) is 2.32. The minimum absolute atomic E-state index is 0.232. The summed E-state index contributed by atoms with van der Waals surface area (Å²) < 4.78 is 11.6. The Morgan fingerprint density at radius 1 is 1.23 bits per heavy atom. The molecule has 3 heteroatoms. The van der Waals surface area contributed by atoms with E-state index in [1.165, 1.54) is 12.8 Å². The van der Waals surface area contributed by atoms with Crippen LogP contribution in [-0.2, 0) is 9.47 Å². The van der Waals surface area contributed by atoms with E-state index in [0.717, 1.165) is 32.5 Å². The topological polar surface area (TPSA) is 30.5 Å². The Morgan fingerprint density at radius 2 is 2.00 bits per heavy atom. The second kappa shape index (κ2) is 3.95. The summed E-state index contributed by atoms with van der Waals surface area (Å²) in [6.07, 6.45) is 5.61. The molecule has 0 aromatic heterocycles. The maximum Gasteiger partial charge on any atom is 0.169 e. The van der Waals surface area contributed by atoms with Crippen LogP contribution in [0.3, 0.4) is 0 Å². The summed E-state index contributed by atoms with van der Waals surface area (Å²) in [5, 5.41) is 3.32. The van der Waals surface area contributed by atoms with Crippen molar-refractivity contribution in [2.75, 3.05) is 20.3 Å². The smallest absolute Gasteiger partial charge is 0.169 e. The van der Waals surface area contributed by atoms with Gasteiger partial charge in [0.2, 0.25) is 0 Å². The van der Waals surface area contributed by atoms with Crippen LogP contribution in [0.15, 0.2) is 0 Å². The minimum atomic E-state index is -0.232. The second-order valence-electron chi connectivity index (χ2n) is 4.04. The van der Waals surface area contributed by atoms with Crippen molar-refractivity contribution in [2.45, 2.75) is 43.9 Å². The largest absolute Gasteiger partial charge is 0.350 e. The first-order chi connectivity index (χ1) is 6.35. The van der Waals surface area contributed by atoms with Gasteiger partial charge in [-0.2, -0.15) is 0 Å². The first kappa shape index (κ1) is 9.44. The van der Waals surface area contributed by atoms with Gasteiger partial charge in [-0.05, 0) is 26.3 Å². The van der Waals surface area contributed by atoms with Gasteiger partial charge in [-0.15, -0.1) is 0 Å². The average molecular weight is 185 g/mol. The van der Waals surface area contributed by atoms with Crippen LogP contribution in [0.2, 0.25) is 0 Å². The lowest BCUT2D eigenvalue weighted by Crippen LogP contribution is -2.48. The standard InChI is InChI=1S/C10H19NO2/c1-11-9-4-2-5-10(8-9)12-6-3-7-13-10/h9,11H,2-8H2,1H3. The van der Waals surface area contributed by atoms with E-state index in [1.807, 2.05) is 7.05 Å². The Labute approximate surface area is 79.8 Å². The molecule has 0 aromatic carbocycles. The van der Waals surface area contributed by atoms with E-state index >= 15 is 0 Å². The number of hydrogen-bond acceptors (Lipinski definition) is 3. The third-order valence-corrected chi connectivity index (χ3v) is 3.09. The zero-order chi connectivity index (χ0) is 9.15. The summed E-state index contributed by atoms with van der Waals surface area (Å²) in [7, 11) is 2.02. The van der Waals surface area contributed by atoms with Gasteiger partial charge in [0, 0.05) is 18.9 Å². The molecule has 3 nitrogen and oxygen atoms in total. The summed E-state index contributed by atoms with van der Waals surface area (Å²) in [5.74, 6) is -0.232. The van der Waals surface area contributed by atoms with Crippen molar-refractivity contribution in [3.05, 3.63) is 0 Å². The summed E-state index contributed by atoms with van der Waals surface area (Å²) in [5.41, 5.74) is 0. The Morgan fingerprint density at radius 3 is 2.69 bits per heavy atom. The van der Waals surface area contributed by atoms with Gasteiger partial charge in [0.05, 0.1) is 13.2 Å². The van der Waals surface area contributed by atoms with E-state index in [9.17, 15) is 0 Å². The molecular weight excluding hydrogens is 166 g/mol. The molecule has 1 saturated heterocycles. The quantitative estimate of drug-likeness (QED) is 0.667. The van der Waals surface area contributed by atoms with Crippen molar-refractivity contribution < 1.29 is 9.47 Å². The molecule has 13 heavy (non-hydrogen) atoms. The Hall–Kier alpha value is -0.120. The molecule has 1 N–H and O–H groups in total. The highest BCUT2D eigenvalue weighted by Crippen LogP contribution is 2.34. The van der Waals surface area contributed by atoms with Gasteiger partial charge in [0.25, 0.3) is 0 Å². The van der Waals surface area contributed by atoms with Gasteiger partial charge in [-0.25, -0.2) is 0 Å². The molecule has 0 amide bonds. The molecule has 2 aliphatic rings. The molecule has 0 bridgehead atoms. The molecule has 1 heterocycles. The summed E-state index contributed by atoms with van der Waals surface area (Å²) >= 11 is 0. The third-order valence-electron chi connectivity index (χ3n) is 3.09. The maximum absolute atomic E-state index is 5.78. The Kier molecular flexibility index (Phi) is 2.86. The Balaban J connectivity index is 1.95. The first-order valence-corrected chi connectivity index (χ1v) is 5.30. The predicted molar refractivity (Wildman–Crippen MR) is 50.6 cm³/mol. The fraction of sp³-hybridized carbons (Fsp3) is 1.00.